The number of hydrogen-bond acceptors (Lipinski definition) is 6. The van der Waals surface area contributed by atoms with Crippen molar-refractivity contribution in [1.29, 1.82) is 0 Å². The maximum atomic E-state index is 12.1. The Morgan fingerprint density at radius 1 is 1.31 bits per heavy atom. The summed E-state index contributed by atoms with van der Waals surface area (Å²) in [4.78, 5) is 24.1. The van der Waals surface area contributed by atoms with E-state index >= 15 is 0 Å². The molecule has 1 heterocycles. The minimum atomic E-state index is -1.48. The molecular formula is C23H32O6. The van der Waals surface area contributed by atoms with Gasteiger partial charge in [0.2, 0.25) is 0 Å². The summed E-state index contributed by atoms with van der Waals surface area (Å²) in [6, 6.07) is 0. The highest BCUT2D eigenvalue weighted by atomic mass is 16.6. The molecule has 4 fully saturated rings. The summed E-state index contributed by atoms with van der Waals surface area (Å²) in [5.41, 5.74) is 0.858. The Labute approximate surface area is 171 Å². The molecule has 1 saturated heterocycles. The molecule has 0 aromatic rings. The van der Waals surface area contributed by atoms with Gasteiger partial charge in [-0.05, 0) is 61.9 Å². The van der Waals surface area contributed by atoms with Gasteiger partial charge in [-0.1, -0.05) is 12.5 Å². The number of ether oxygens (including phenoxy) is 2. The van der Waals surface area contributed by atoms with Crippen LogP contribution in [0.3, 0.4) is 0 Å². The van der Waals surface area contributed by atoms with Crippen molar-refractivity contribution in [2.45, 2.75) is 70.7 Å². The first-order valence-corrected chi connectivity index (χ1v) is 11.1. The second kappa shape index (κ2) is 6.38. The lowest BCUT2D eigenvalue weighted by Crippen LogP contribution is -2.58. The van der Waals surface area contributed by atoms with Gasteiger partial charge in [-0.3, -0.25) is 9.59 Å². The summed E-state index contributed by atoms with van der Waals surface area (Å²) < 4.78 is 11.8. The van der Waals surface area contributed by atoms with Crippen molar-refractivity contribution in [3.8, 4) is 0 Å². The van der Waals surface area contributed by atoms with E-state index in [0.29, 0.717) is 31.3 Å². The molecule has 29 heavy (non-hydrogen) atoms. The van der Waals surface area contributed by atoms with Gasteiger partial charge in [-0.25, -0.2) is 0 Å². The van der Waals surface area contributed by atoms with Crippen molar-refractivity contribution < 1.29 is 29.3 Å². The van der Waals surface area contributed by atoms with Crippen molar-refractivity contribution in [3.63, 3.8) is 0 Å². The summed E-state index contributed by atoms with van der Waals surface area (Å²) in [5, 5.41) is 20.7. The van der Waals surface area contributed by atoms with E-state index in [2.05, 4.69) is 6.92 Å². The number of carbonyl (C=O) groups excluding carboxylic acids is 2. The van der Waals surface area contributed by atoms with Crippen molar-refractivity contribution >= 4 is 11.8 Å². The molecule has 5 aliphatic rings. The Morgan fingerprint density at radius 3 is 2.83 bits per heavy atom. The molecule has 1 aliphatic heterocycles. The number of carbonyl (C=O) groups is 2. The lowest BCUT2D eigenvalue weighted by molar-refractivity contribution is -0.217. The Balaban J connectivity index is 1.57. The summed E-state index contributed by atoms with van der Waals surface area (Å²) in [5.74, 6) is -0.715. The number of fused-ring (bicyclic) bond motifs is 4. The van der Waals surface area contributed by atoms with Crippen LogP contribution in [0.4, 0.5) is 0 Å². The van der Waals surface area contributed by atoms with Crippen LogP contribution in [-0.2, 0) is 19.1 Å². The zero-order chi connectivity index (χ0) is 20.6. The van der Waals surface area contributed by atoms with Crippen molar-refractivity contribution in [1.82, 2.24) is 0 Å². The minimum absolute atomic E-state index is 0.122. The fraction of sp³-hybridized carbons (Fsp3) is 0.826. The molecule has 4 aliphatic carbocycles. The highest BCUT2D eigenvalue weighted by molar-refractivity contribution is 5.91. The average Bonchev–Trinajstić information content (AvgIpc) is 3.17. The molecule has 5 rings (SSSR count). The summed E-state index contributed by atoms with van der Waals surface area (Å²) in [7, 11) is 0. The molecule has 8 atom stereocenters. The fourth-order valence-corrected chi connectivity index (χ4v) is 8.23. The van der Waals surface area contributed by atoms with E-state index in [1.165, 1.54) is 12.5 Å². The van der Waals surface area contributed by atoms with E-state index in [1.807, 2.05) is 6.08 Å². The first-order valence-electron chi connectivity index (χ1n) is 11.1. The second-order valence-corrected chi connectivity index (χ2v) is 10.4. The van der Waals surface area contributed by atoms with Crippen LogP contribution in [0.1, 0.15) is 58.8 Å². The second-order valence-electron chi connectivity index (χ2n) is 10.4. The number of hydrogen-bond donors (Lipinski definition) is 2. The third-order valence-corrected chi connectivity index (χ3v) is 9.28. The normalized spacial score (nSPS) is 50.8. The maximum absolute atomic E-state index is 12.1. The van der Waals surface area contributed by atoms with Crippen LogP contribution in [0.2, 0.25) is 0 Å². The molecule has 1 unspecified atom stereocenters. The molecule has 0 aromatic carbocycles. The highest BCUT2D eigenvalue weighted by Gasteiger charge is 2.70. The molecule has 1 spiro atoms. The van der Waals surface area contributed by atoms with Crippen LogP contribution in [0.5, 0.6) is 0 Å². The fourth-order valence-electron chi connectivity index (χ4n) is 8.23. The molecular weight excluding hydrogens is 372 g/mol. The average molecular weight is 405 g/mol. The molecule has 0 amide bonds. The van der Waals surface area contributed by atoms with Gasteiger partial charge in [0.1, 0.15) is 6.10 Å². The van der Waals surface area contributed by atoms with E-state index in [4.69, 9.17) is 9.47 Å². The zero-order valence-corrected chi connectivity index (χ0v) is 17.4. The van der Waals surface area contributed by atoms with Crippen LogP contribution >= 0.6 is 0 Å². The molecule has 2 N–H and O–H groups in total. The van der Waals surface area contributed by atoms with Crippen LogP contribution in [0.25, 0.3) is 0 Å². The van der Waals surface area contributed by atoms with E-state index in [-0.39, 0.29) is 40.5 Å². The number of ketones is 1. The van der Waals surface area contributed by atoms with Gasteiger partial charge < -0.3 is 19.7 Å². The van der Waals surface area contributed by atoms with Crippen LogP contribution < -0.4 is 0 Å². The standard InChI is InChI=1S/C23H32O6/c1-13(25)29-18-10-22-12-28-23(27,11-24)19(22)6-5-17(22)16-4-3-14-9-15(26)7-8-21(14,2)20(16)18/h9,16-20,24,27H,3-8,10-12H2,1-2H3/t16-,17-,18-,19-,20+,21-,22+,23?/m0/s1. The molecule has 0 bridgehead atoms. The molecule has 0 aromatic heterocycles. The monoisotopic (exact) mass is 404 g/mol. The minimum Gasteiger partial charge on any atom is -0.462 e. The Morgan fingerprint density at radius 2 is 2.10 bits per heavy atom. The SMILES string of the molecule is CC(=O)O[C@H]1C[C@]23COC(O)(CO)[C@H]2CC[C@H]3[C@@H]2CCC3=CC(=O)CC[C@]3(C)[C@H]21. The molecule has 160 valence electrons. The van der Waals surface area contributed by atoms with Crippen molar-refractivity contribution in [2.24, 2.45) is 34.5 Å². The molecule has 0 radical (unpaired) electrons. The number of aliphatic hydroxyl groups excluding tert-OH is 1. The number of esters is 1. The molecule has 3 saturated carbocycles. The molecule has 6 nitrogen and oxygen atoms in total. The van der Waals surface area contributed by atoms with Crippen molar-refractivity contribution in [3.05, 3.63) is 11.6 Å². The Kier molecular flexibility index (Phi) is 4.34. The third-order valence-electron chi connectivity index (χ3n) is 9.28. The first-order chi connectivity index (χ1) is 13.7. The van der Waals surface area contributed by atoms with Gasteiger partial charge in [0.25, 0.3) is 0 Å². The van der Waals surface area contributed by atoms with Gasteiger partial charge in [-0.15, -0.1) is 0 Å². The van der Waals surface area contributed by atoms with Gasteiger partial charge in [0.15, 0.2) is 11.6 Å². The first kappa shape index (κ1) is 19.7. The van der Waals surface area contributed by atoms with Gasteiger partial charge in [-0.2, -0.15) is 0 Å². The lowest BCUT2D eigenvalue weighted by atomic mass is 9.45. The predicted molar refractivity (Wildman–Crippen MR) is 103 cm³/mol. The Bertz CT molecular complexity index is 775. The summed E-state index contributed by atoms with van der Waals surface area (Å²) in [6.45, 7) is 3.74. The number of rotatable bonds is 2. The Hall–Kier alpha value is -1.24. The smallest absolute Gasteiger partial charge is 0.302 e. The largest absolute Gasteiger partial charge is 0.462 e. The zero-order valence-electron chi connectivity index (χ0n) is 17.4. The molecule has 6 heteroatoms. The van der Waals surface area contributed by atoms with Gasteiger partial charge in [0.05, 0.1) is 13.2 Å². The number of allylic oxidation sites excluding steroid dienone is 1. The van der Waals surface area contributed by atoms with Crippen LogP contribution in [0.15, 0.2) is 11.6 Å². The van der Waals surface area contributed by atoms with E-state index in [0.717, 1.165) is 32.1 Å². The lowest BCUT2D eigenvalue weighted by Gasteiger charge is -2.60. The van der Waals surface area contributed by atoms with E-state index in [1.54, 1.807) is 0 Å². The van der Waals surface area contributed by atoms with Gasteiger partial charge in [0, 0.05) is 30.6 Å². The quantitative estimate of drug-likeness (QED) is 0.687. The third kappa shape index (κ3) is 2.58. The summed E-state index contributed by atoms with van der Waals surface area (Å²) in [6.07, 6.45) is 7.39. The number of aliphatic hydroxyl groups is 2. The maximum Gasteiger partial charge on any atom is 0.302 e. The summed E-state index contributed by atoms with van der Waals surface area (Å²) >= 11 is 0. The highest BCUT2D eigenvalue weighted by Crippen LogP contribution is 2.70. The van der Waals surface area contributed by atoms with E-state index < -0.39 is 12.4 Å². The topological polar surface area (TPSA) is 93.1 Å². The van der Waals surface area contributed by atoms with E-state index in [9.17, 15) is 19.8 Å². The van der Waals surface area contributed by atoms with Crippen molar-refractivity contribution in [2.75, 3.05) is 13.2 Å². The van der Waals surface area contributed by atoms with Crippen LogP contribution in [-0.4, -0.2) is 47.1 Å². The van der Waals surface area contributed by atoms with Crippen LogP contribution in [0, 0.1) is 34.5 Å². The predicted octanol–water partition coefficient (Wildman–Crippen LogP) is 2.37. The van der Waals surface area contributed by atoms with Gasteiger partial charge >= 0.3 is 5.97 Å².